The highest BCUT2D eigenvalue weighted by atomic mass is 16.5. The number of methoxy groups -OCH3 is 1. The molecule has 180 valence electrons. The van der Waals surface area contributed by atoms with Crippen LogP contribution < -0.4 is 14.8 Å². The third-order valence-corrected chi connectivity index (χ3v) is 4.91. The van der Waals surface area contributed by atoms with E-state index in [0.717, 1.165) is 25.7 Å². The summed E-state index contributed by atoms with van der Waals surface area (Å²) in [6, 6.07) is 13.6. The maximum Gasteiger partial charge on any atom is 0.338 e. The van der Waals surface area contributed by atoms with Gasteiger partial charge < -0.3 is 19.5 Å². The zero-order valence-electron chi connectivity index (χ0n) is 20.1. The molecule has 0 aromatic heterocycles. The van der Waals surface area contributed by atoms with E-state index in [1.807, 2.05) is 13.0 Å². The monoisotopic (exact) mass is 464 g/mol. The van der Waals surface area contributed by atoms with Crippen LogP contribution in [0.4, 0.5) is 5.69 Å². The molecule has 0 aliphatic rings. The van der Waals surface area contributed by atoms with Gasteiger partial charge in [0.1, 0.15) is 11.6 Å². The topological polar surface area (TPSA) is 97.7 Å². The van der Waals surface area contributed by atoms with Crippen LogP contribution in [0.5, 0.6) is 11.5 Å². The average molecular weight is 465 g/mol. The van der Waals surface area contributed by atoms with Crippen LogP contribution in [0.2, 0.25) is 0 Å². The molecule has 7 nitrogen and oxygen atoms in total. The Labute approximate surface area is 201 Å². The van der Waals surface area contributed by atoms with Crippen molar-refractivity contribution >= 4 is 23.6 Å². The Balaban J connectivity index is 2.10. The number of nitriles is 1. The molecule has 0 spiro atoms. The SMILES string of the molecule is CCCCCCOc1ccc(/C=C(\C#N)C(=O)Nc2cccc(C(=O)OCCC)c2)cc1OC. The van der Waals surface area contributed by atoms with Gasteiger partial charge in [-0.3, -0.25) is 4.79 Å². The van der Waals surface area contributed by atoms with Gasteiger partial charge in [-0.15, -0.1) is 0 Å². The van der Waals surface area contributed by atoms with Crippen LogP contribution >= 0.6 is 0 Å². The molecule has 0 aliphatic carbocycles. The minimum Gasteiger partial charge on any atom is -0.493 e. The molecule has 34 heavy (non-hydrogen) atoms. The molecule has 0 heterocycles. The lowest BCUT2D eigenvalue weighted by Crippen LogP contribution is -2.14. The largest absolute Gasteiger partial charge is 0.493 e. The first-order chi connectivity index (χ1) is 16.5. The normalized spacial score (nSPS) is 10.8. The predicted octanol–water partition coefficient (Wildman–Crippen LogP) is 5.77. The quantitative estimate of drug-likeness (QED) is 0.175. The van der Waals surface area contributed by atoms with Gasteiger partial charge in [0.05, 0.1) is 25.9 Å². The molecule has 2 aromatic rings. The van der Waals surface area contributed by atoms with Crippen LogP contribution in [-0.2, 0) is 9.53 Å². The number of benzene rings is 2. The molecule has 1 N–H and O–H groups in total. The first kappa shape index (κ1) is 26.5. The van der Waals surface area contributed by atoms with Gasteiger partial charge in [-0.25, -0.2) is 4.79 Å². The van der Waals surface area contributed by atoms with Crippen molar-refractivity contribution in [3.8, 4) is 17.6 Å². The van der Waals surface area contributed by atoms with Crippen molar-refractivity contribution in [2.75, 3.05) is 25.6 Å². The van der Waals surface area contributed by atoms with Gasteiger partial charge >= 0.3 is 5.97 Å². The fourth-order valence-corrected chi connectivity index (χ4v) is 3.12. The molecule has 1 amide bonds. The molecule has 0 bridgehead atoms. The Kier molecular flexibility index (Phi) is 11.2. The number of amides is 1. The molecular weight excluding hydrogens is 432 g/mol. The van der Waals surface area contributed by atoms with Gasteiger partial charge in [-0.05, 0) is 54.8 Å². The maximum absolute atomic E-state index is 12.7. The first-order valence-electron chi connectivity index (χ1n) is 11.5. The summed E-state index contributed by atoms with van der Waals surface area (Å²) >= 11 is 0. The summed E-state index contributed by atoms with van der Waals surface area (Å²) in [7, 11) is 1.54. The second-order valence-corrected chi connectivity index (χ2v) is 7.66. The third-order valence-electron chi connectivity index (χ3n) is 4.91. The van der Waals surface area contributed by atoms with Gasteiger partial charge in [0, 0.05) is 5.69 Å². The van der Waals surface area contributed by atoms with E-state index in [2.05, 4.69) is 12.2 Å². The van der Waals surface area contributed by atoms with Crippen LogP contribution in [0.25, 0.3) is 6.08 Å². The van der Waals surface area contributed by atoms with Crippen molar-refractivity contribution in [1.82, 2.24) is 0 Å². The Morgan fingerprint density at radius 2 is 1.82 bits per heavy atom. The summed E-state index contributed by atoms with van der Waals surface area (Å²) in [5.74, 6) is 0.0941. The highest BCUT2D eigenvalue weighted by Gasteiger charge is 2.13. The number of hydrogen-bond donors (Lipinski definition) is 1. The van der Waals surface area contributed by atoms with Crippen LogP contribution in [0, 0.1) is 11.3 Å². The third kappa shape index (κ3) is 8.28. The van der Waals surface area contributed by atoms with E-state index in [1.165, 1.54) is 18.6 Å². The van der Waals surface area contributed by atoms with Crippen LogP contribution in [0.15, 0.2) is 48.0 Å². The highest BCUT2D eigenvalue weighted by molar-refractivity contribution is 6.10. The maximum atomic E-state index is 12.7. The zero-order valence-corrected chi connectivity index (χ0v) is 20.1. The molecule has 0 unspecified atom stereocenters. The van der Waals surface area contributed by atoms with Crippen molar-refractivity contribution in [2.24, 2.45) is 0 Å². The van der Waals surface area contributed by atoms with Gasteiger partial charge in [0.2, 0.25) is 0 Å². The van der Waals surface area contributed by atoms with Crippen molar-refractivity contribution < 1.29 is 23.8 Å². The number of rotatable bonds is 13. The predicted molar refractivity (Wildman–Crippen MR) is 132 cm³/mol. The summed E-state index contributed by atoms with van der Waals surface area (Å²) in [4.78, 5) is 24.7. The van der Waals surface area contributed by atoms with Crippen LogP contribution in [0.1, 0.15) is 61.9 Å². The van der Waals surface area contributed by atoms with Gasteiger partial charge in [-0.2, -0.15) is 5.26 Å². The van der Waals surface area contributed by atoms with Crippen LogP contribution in [-0.4, -0.2) is 32.2 Å². The number of nitrogens with zero attached hydrogens (tertiary/aromatic N) is 1. The van der Waals surface area contributed by atoms with Crippen molar-refractivity contribution in [3.63, 3.8) is 0 Å². The van der Waals surface area contributed by atoms with Gasteiger partial charge in [0.15, 0.2) is 11.5 Å². The number of carbonyl (C=O) groups is 2. The second kappa shape index (κ2) is 14.4. The molecule has 0 fully saturated rings. The van der Waals surface area contributed by atoms with E-state index in [1.54, 1.807) is 43.5 Å². The van der Waals surface area contributed by atoms with Gasteiger partial charge in [-0.1, -0.05) is 45.2 Å². The molecule has 0 radical (unpaired) electrons. The minimum absolute atomic E-state index is 0.0887. The Hall–Kier alpha value is -3.79. The lowest BCUT2D eigenvalue weighted by Gasteiger charge is -2.11. The summed E-state index contributed by atoms with van der Waals surface area (Å²) in [5.41, 5.74) is 1.25. The Morgan fingerprint density at radius 1 is 1.00 bits per heavy atom. The van der Waals surface area contributed by atoms with Crippen molar-refractivity contribution in [2.45, 2.75) is 46.0 Å². The fraction of sp³-hybridized carbons (Fsp3) is 0.370. The standard InChI is InChI=1S/C27H32N2O5/c1-4-6-7-8-15-33-24-13-12-20(17-25(24)32-3)16-22(19-28)26(30)29-23-11-9-10-21(18-23)27(31)34-14-5-2/h9-13,16-18H,4-8,14-15H2,1-3H3,(H,29,30)/b22-16+. The van der Waals surface area contributed by atoms with Crippen LogP contribution in [0.3, 0.4) is 0 Å². The Morgan fingerprint density at radius 3 is 2.53 bits per heavy atom. The average Bonchev–Trinajstić information content (AvgIpc) is 2.86. The number of nitrogens with one attached hydrogen (secondary N) is 1. The summed E-state index contributed by atoms with van der Waals surface area (Å²) in [6.07, 6.45) is 6.61. The minimum atomic E-state index is -0.586. The number of anilines is 1. The Bertz CT molecular complexity index is 1040. The summed E-state index contributed by atoms with van der Waals surface area (Å²) < 4.78 is 16.4. The molecule has 2 aromatic carbocycles. The first-order valence-corrected chi connectivity index (χ1v) is 11.5. The summed E-state index contributed by atoms with van der Waals surface area (Å²) in [6.45, 7) is 4.99. The molecule has 0 saturated carbocycles. The number of carbonyl (C=O) groups excluding carboxylic acids is 2. The lowest BCUT2D eigenvalue weighted by atomic mass is 10.1. The van der Waals surface area contributed by atoms with Crippen molar-refractivity contribution in [3.05, 3.63) is 59.2 Å². The van der Waals surface area contributed by atoms with E-state index < -0.39 is 11.9 Å². The molecule has 0 aliphatic heterocycles. The highest BCUT2D eigenvalue weighted by Crippen LogP contribution is 2.29. The molecule has 7 heteroatoms. The zero-order chi connectivity index (χ0) is 24.8. The van der Waals surface area contributed by atoms with E-state index >= 15 is 0 Å². The number of unbranched alkanes of at least 4 members (excludes halogenated alkanes) is 3. The van der Waals surface area contributed by atoms with E-state index in [9.17, 15) is 14.9 Å². The smallest absolute Gasteiger partial charge is 0.338 e. The van der Waals surface area contributed by atoms with Crippen molar-refractivity contribution in [1.29, 1.82) is 5.26 Å². The molecule has 0 atom stereocenters. The second-order valence-electron chi connectivity index (χ2n) is 7.66. The molecule has 0 saturated heterocycles. The van der Waals surface area contributed by atoms with E-state index in [0.29, 0.717) is 41.5 Å². The van der Waals surface area contributed by atoms with Gasteiger partial charge in [0.25, 0.3) is 5.91 Å². The van der Waals surface area contributed by atoms with E-state index in [4.69, 9.17) is 14.2 Å². The molecule has 2 rings (SSSR count). The molecular formula is C27H32N2O5. The fourth-order valence-electron chi connectivity index (χ4n) is 3.12. The number of esters is 1. The number of hydrogen-bond acceptors (Lipinski definition) is 6. The summed E-state index contributed by atoms with van der Waals surface area (Å²) in [5, 5.41) is 12.2. The number of ether oxygens (including phenoxy) is 3. The van der Waals surface area contributed by atoms with E-state index in [-0.39, 0.29) is 5.57 Å². The lowest BCUT2D eigenvalue weighted by molar-refractivity contribution is -0.112.